The van der Waals surface area contributed by atoms with Crippen LogP contribution >= 0.6 is 0 Å². The van der Waals surface area contributed by atoms with Crippen molar-refractivity contribution >= 4 is 0 Å². The molecule has 24 heavy (non-hydrogen) atoms. The number of aryl methyl sites for hydroxylation is 2. The van der Waals surface area contributed by atoms with Gasteiger partial charge in [0.1, 0.15) is 0 Å². The molecule has 0 radical (unpaired) electrons. The van der Waals surface area contributed by atoms with Crippen LogP contribution in [0.15, 0.2) is 6.07 Å². The minimum absolute atomic E-state index is 0.132. The van der Waals surface area contributed by atoms with E-state index in [9.17, 15) is 5.11 Å². The molecule has 3 heterocycles. The van der Waals surface area contributed by atoms with Crippen molar-refractivity contribution in [3.8, 4) is 0 Å². The number of hydrogen-bond acceptors (Lipinski definition) is 6. The van der Waals surface area contributed by atoms with Crippen LogP contribution in [-0.4, -0.2) is 96.0 Å². The highest BCUT2D eigenvalue weighted by Crippen LogP contribution is 2.11. The third-order valence-corrected chi connectivity index (χ3v) is 4.74. The van der Waals surface area contributed by atoms with Crippen molar-refractivity contribution < 1.29 is 14.6 Å². The number of rotatable bonds is 6. The summed E-state index contributed by atoms with van der Waals surface area (Å²) in [4.78, 5) is 4.59. The molecule has 1 aromatic rings. The first-order valence-corrected chi connectivity index (χ1v) is 8.93. The monoisotopic (exact) mass is 338 g/mol. The molecule has 2 aliphatic heterocycles. The van der Waals surface area contributed by atoms with E-state index in [0.29, 0.717) is 13.2 Å². The standard InChI is InChI=1S/C17H30N4O3/c1-14-9-15(2)21(18-14)13-17-12-20(5-8-24-17)11-16(22)10-19-3-6-23-7-4-19/h9,16-17,22H,3-8,10-13H2,1-2H3/t16-,17-/m0/s1. The molecule has 0 aliphatic carbocycles. The Hall–Kier alpha value is -0.990. The van der Waals surface area contributed by atoms with E-state index in [0.717, 1.165) is 58.2 Å². The molecular weight excluding hydrogens is 308 g/mol. The maximum Gasteiger partial charge on any atom is 0.0898 e. The molecule has 0 spiro atoms. The topological polar surface area (TPSA) is 63.0 Å². The van der Waals surface area contributed by atoms with Gasteiger partial charge in [0.15, 0.2) is 0 Å². The molecule has 136 valence electrons. The van der Waals surface area contributed by atoms with Crippen molar-refractivity contribution in [1.82, 2.24) is 19.6 Å². The third kappa shape index (κ3) is 5.00. The minimum atomic E-state index is -0.324. The van der Waals surface area contributed by atoms with Crippen molar-refractivity contribution in [2.75, 3.05) is 59.1 Å². The van der Waals surface area contributed by atoms with Crippen LogP contribution in [0.25, 0.3) is 0 Å². The Morgan fingerprint density at radius 3 is 2.58 bits per heavy atom. The summed E-state index contributed by atoms with van der Waals surface area (Å²) in [6, 6.07) is 2.09. The Morgan fingerprint density at radius 2 is 1.88 bits per heavy atom. The lowest BCUT2D eigenvalue weighted by molar-refractivity contribution is -0.0540. The second kappa shape index (κ2) is 8.40. The van der Waals surface area contributed by atoms with Gasteiger partial charge in [0.2, 0.25) is 0 Å². The molecule has 7 heteroatoms. The average Bonchev–Trinajstić information content (AvgIpc) is 2.86. The summed E-state index contributed by atoms with van der Waals surface area (Å²) in [5.74, 6) is 0. The summed E-state index contributed by atoms with van der Waals surface area (Å²) in [6.07, 6.45) is -0.192. The van der Waals surface area contributed by atoms with Gasteiger partial charge in [-0.25, -0.2) is 0 Å². The SMILES string of the molecule is Cc1cc(C)n(C[C@@H]2CN(C[C@@H](O)CN3CCOCC3)CCO2)n1. The Labute approximate surface area is 144 Å². The highest BCUT2D eigenvalue weighted by atomic mass is 16.5. The predicted molar refractivity (Wildman–Crippen MR) is 91.1 cm³/mol. The number of hydrogen-bond donors (Lipinski definition) is 1. The van der Waals surface area contributed by atoms with Crippen LogP contribution < -0.4 is 0 Å². The van der Waals surface area contributed by atoms with E-state index in [2.05, 4.69) is 27.9 Å². The summed E-state index contributed by atoms with van der Waals surface area (Å²) >= 11 is 0. The fourth-order valence-corrected chi connectivity index (χ4v) is 3.55. The van der Waals surface area contributed by atoms with Crippen molar-refractivity contribution in [2.24, 2.45) is 0 Å². The predicted octanol–water partition coefficient (Wildman–Crippen LogP) is -0.106. The molecule has 0 saturated carbocycles. The number of β-amino-alcohol motifs (C(OH)–C–C–N with tert-alkyl or cyclic N) is 1. The van der Waals surface area contributed by atoms with Crippen LogP contribution in [0.4, 0.5) is 0 Å². The van der Waals surface area contributed by atoms with Gasteiger partial charge in [-0.3, -0.25) is 14.5 Å². The zero-order valence-electron chi connectivity index (χ0n) is 14.9. The number of aliphatic hydroxyl groups is 1. The fraction of sp³-hybridized carbons (Fsp3) is 0.824. The van der Waals surface area contributed by atoms with Crippen LogP contribution in [0.1, 0.15) is 11.4 Å². The lowest BCUT2D eigenvalue weighted by Crippen LogP contribution is -2.49. The molecule has 0 bridgehead atoms. The van der Waals surface area contributed by atoms with E-state index < -0.39 is 0 Å². The van der Waals surface area contributed by atoms with Crippen molar-refractivity contribution in [3.63, 3.8) is 0 Å². The van der Waals surface area contributed by atoms with Gasteiger partial charge >= 0.3 is 0 Å². The van der Waals surface area contributed by atoms with Gasteiger partial charge in [-0.1, -0.05) is 0 Å². The number of ether oxygens (including phenoxy) is 2. The van der Waals surface area contributed by atoms with Crippen molar-refractivity contribution in [2.45, 2.75) is 32.6 Å². The minimum Gasteiger partial charge on any atom is -0.390 e. The Kier molecular flexibility index (Phi) is 6.24. The highest BCUT2D eigenvalue weighted by Gasteiger charge is 2.24. The number of aliphatic hydroxyl groups excluding tert-OH is 1. The first-order chi connectivity index (χ1) is 11.6. The summed E-state index contributed by atoms with van der Waals surface area (Å²) in [6.45, 7) is 12.1. The van der Waals surface area contributed by atoms with E-state index in [-0.39, 0.29) is 12.2 Å². The second-order valence-electron chi connectivity index (χ2n) is 6.93. The van der Waals surface area contributed by atoms with Gasteiger partial charge in [-0.2, -0.15) is 5.10 Å². The van der Waals surface area contributed by atoms with E-state index in [1.54, 1.807) is 0 Å². The van der Waals surface area contributed by atoms with Gasteiger partial charge in [0, 0.05) is 45.0 Å². The van der Waals surface area contributed by atoms with E-state index in [1.807, 2.05) is 11.6 Å². The quantitative estimate of drug-likeness (QED) is 0.781. The molecule has 1 N–H and O–H groups in total. The van der Waals surface area contributed by atoms with E-state index in [4.69, 9.17) is 9.47 Å². The molecule has 0 unspecified atom stereocenters. The van der Waals surface area contributed by atoms with Crippen LogP contribution in [-0.2, 0) is 16.0 Å². The Bertz CT molecular complexity index is 516. The van der Waals surface area contributed by atoms with E-state index in [1.165, 1.54) is 5.69 Å². The highest BCUT2D eigenvalue weighted by molar-refractivity contribution is 5.06. The lowest BCUT2D eigenvalue weighted by atomic mass is 10.2. The maximum absolute atomic E-state index is 10.4. The summed E-state index contributed by atoms with van der Waals surface area (Å²) < 4.78 is 13.3. The van der Waals surface area contributed by atoms with Gasteiger partial charge in [0.25, 0.3) is 0 Å². The van der Waals surface area contributed by atoms with Crippen LogP contribution in [0, 0.1) is 13.8 Å². The normalized spacial score (nSPS) is 25.0. The molecule has 7 nitrogen and oxygen atoms in total. The van der Waals surface area contributed by atoms with Gasteiger partial charge in [-0.15, -0.1) is 0 Å². The molecule has 2 fully saturated rings. The average molecular weight is 338 g/mol. The molecule has 0 aromatic carbocycles. The third-order valence-electron chi connectivity index (χ3n) is 4.74. The molecule has 2 aliphatic rings. The zero-order chi connectivity index (χ0) is 16.9. The fourth-order valence-electron chi connectivity index (χ4n) is 3.55. The van der Waals surface area contributed by atoms with Gasteiger partial charge in [-0.05, 0) is 19.9 Å². The lowest BCUT2D eigenvalue weighted by Gasteiger charge is -2.35. The summed E-state index contributed by atoms with van der Waals surface area (Å²) in [7, 11) is 0. The van der Waals surface area contributed by atoms with Crippen LogP contribution in [0.5, 0.6) is 0 Å². The number of aromatic nitrogens is 2. The maximum atomic E-state index is 10.4. The van der Waals surface area contributed by atoms with Crippen LogP contribution in [0.3, 0.4) is 0 Å². The molecular formula is C17H30N4O3. The molecule has 0 amide bonds. The van der Waals surface area contributed by atoms with Gasteiger partial charge < -0.3 is 14.6 Å². The number of nitrogens with zero attached hydrogens (tertiary/aromatic N) is 4. The van der Waals surface area contributed by atoms with Crippen molar-refractivity contribution in [3.05, 3.63) is 17.5 Å². The first-order valence-electron chi connectivity index (χ1n) is 8.93. The molecule has 3 rings (SSSR count). The number of morpholine rings is 2. The zero-order valence-corrected chi connectivity index (χ0v) is 14.9. The van der Waals surface area contributed by atoms with E-state index >= 15 is 0 Å². The Morgan fingerprint density at radius 1 is 1.17 bits per heavy atom. The first kappa shape index (κ1) is 17.8. The van der Waals surface area contributed by atoms with Crippen LogP contribution in [0.2, 0.25) is 0 Å². The second-order valence-corrected chi connectivity index (χ2v) is 6.93. The summed E-state index contributed by atoms with van der Waals surface area (Å²) in [5.41, 5.74) is 2.21. The molecule has 2 saturated heterocycles. The molecule has 2 atom stereocenters. The smallest absolute Gasteiger partial charge is 0.0898 e. The van der Waals surface area contributed by atoms with Crippen molar-refractivity contribution in [1.29, 1.82) is 0 Å². The molecule has 1 aromatic heterocycles. The summed E-state index contributed by atoms with van der Waals surface area (Å²) in [5, 5.41) is 14.9. The Balaban J connectivity index is 1.45. The largest absolute Gasteiger partial charge is 0.390 e. The van der Waals surface area contributed by atoms with Gasteiger partial charge in [0.05, 0.1) is 44.3 Å².